The fourth-order valence-electron chi connectivity index (χ4n) is 1.75. The maximum absolute atomic E-state index is 13.0. The van der Waals surface area contributed by atoms with E-state index < -0.39 is 0 Å². The van der Waals surface area contributed by atoms with E-state index in [2.05, 4.69) is 47.1 Å². The second-order valence-corrected chi connectivity index (χ2v) is 6.12. The molecule has 1 aromatic carbocycles. The lowest BCUT2D eigenvalue weighted by Gasteiger charge is -2.09. The van der Waals surface area contributed by atoms with Gasteiger partial charge in [-0.2, -0.15) is 0 Å². The molecule has 6 heteroatoms. The molecule has 1 saturated carbocycles. The van der Waals surface area contributed by atoms with Gasteiger partial charge in [-0.25, -0.2) is 14.4 Å². The molecule has 1 N–H and O–H groups in total. The first-order valence-corrected chi connectivity index (χ1v) is 7.47. The quantitative estimate of drug-likeness (QED) is 0.772. The fourth-order valence-corrected chi connectivity index (χ4v) is 2.60. The molecule has 98 valence electrons. The number of hydrogen-bond acceptors (Lipinski definition) is 3. The number of nitrogens with one attached hydrogen (secondary N) is 1. The summed E-state index contributed by atoms with van der Waals surface area (Å²) in [5, 5.41) is 3.17. The second-order valence-electron chi connectivity index (χ2n) is 4.46. The summed E-state index contributed by atoms with van der Waals surface area (Å²) < 4.78 is 14.5. The van der Waals surface area contributed by atoms with E-state index in [1.807, 2.05) is 6.07 Å². The molecule has 0 saturated heterocycles. The van der Waals surface area contributed by atoms with Crippen molar-refractivity contribution in [3.05, 3.63) is 45.0 Å². The first kappa shape index (κ1) is 13.0. The maximum atomic E-state index is 13.0. The van der Waals surface area contributed by atoms with Crippen molar-refractivity contribution in [3.63, 3.8) is 0 Å². The SMILES string of the molecule is Fc1ccc(Nc2cc(Br)nc(C3CC3)n2)c(Br)c1. The van der Waals surface area contributed by atoms with Crippen LogP contribution in [0.5, 0.6) is 0 Å². The van der Waals surface area contributed by atoms with Gasteiger partial charge in [-0.3, -0.25) is 0 Å². The normalized spacial score (nSPS) is 14.5. The minimum atomic E-state index is -0.278. The molecule has 1 aliphatic rings. The number of hydrogen-bond donors (Lipinski definition) is 1. The smallest absolute Gasteiger partial charge is 0.135 e. The van der Waals surface area contributed by atoms with E-state index in [4.69, 9.17) is 0 Å². The van der Waals surface area contributed by atoms with E-state index in [0.717, 1.165) is 29.0 Å². The molecule has 0 radical (unpaired) electrons. The van der Waals surface area contributed by atoms with Crippen LogP contribution >= 0.6 is 31.9 Å². The lowest BCUT2D eigenvalue weighted by atomic mass is 10.3. The molecular formula is C13H10Br2FN3. The van der Waals surface area contributed by atoms with E-state index >= 15 is 0 Å². The van der Waals surface area contributed by atoms with Crippen molar-refractivity contribution in [3.8, 4) is 0 Å². The molecule has 0 bridgehead atoms. The van der Waals surface area contributed by atoms with E-state index in [1.54, 1.807) is 6.07 Å². The molecule has 0 amide bonds. The molecular weight excluding hydrogens is 377 g/mol. The number of aromatic nitrogens is 2. The van der Waals surface area contributed by atoms with Gasteiger partial charge < -0.3 is 5.32 Å². The highest BCUT2D eigenvalue weighted by Gasteiger charge is 2.27. The Morgan fingerprint density at radius 1 is 1.16 bits per heavy atom. The molecule has 1 fully saturated rings. The van der Waals surface area contributed by atoms with Gasteiger partial charge >= 0.3 is 0 Å². The van der Waals surface area contributed by atoms with E-state index in [0.29, 0.717) is 16.2 Å². The van der Waals surface area contributed by atoms with Gasteiger partial charge in [0.05, 0.1) is 5.69 Å². The van der Waals surface area contributed by atoms with Gasteiger partial charge in [-0.15, -0.1) is 0 Å². The molecule has 0 spiro atoms. The summed E-state index contributed by atoms with van der Waals surface area (Å²) >= 11 is 6.72. The summed E-state index contributed by atoms with van der Waals surface area (Å²) in [7, 11) is 0. The molecule has 19 heavy (non-hydrogen) atoms. The summed E-state index contributed by atoms with van der Waals surface area (Å²) in [5.41, 5.74) is 0.772. The van der Waals surface area contributed by atoms with Crippen LogP contribution in [0.25, 0.3) is 0 Å². The molecule has 3 nitrogen and oxygen atoms in total. The largest absolute Gasteiger partial charge is 0.339 e. The van der Waals surface area contributed by atoms with Crippen molar-refractivity contribution in [2.75, 3.05) is 5.32 Å². The molecule has 1 aromatic heterocycles. The Morgan fingerprint density at radius 3 is 2.63 bits per heavy atom. The molecule has 1 aliphatic carbocycles. The van der Waals surface area contributed by atoms with E-state index in [-0.39, 0.29) is 5.82 Å². The number of benzene rings is 1. The van der Waals surface area contributed by atoms with Crippen molar-refractivity contribution in [1.29, 1.82) is 0 Å². The van der Waals surface area contributed by atoms with Crippen LogP contribution in [-0.4, -0.2) is 9.97 Å². The van der Waals surface area contributed by atoms with Crippen LogP contribution < -0.4 is 5.32 Å². The highest BCUT2D eigenvalue weighted by molar-refractivity contribution is 9.10. The number of halogens is 3. The van der Waals surface area contributed by atoms with Crippen LogP contribution in [0.1, 0.15) is 24.6 Å². The van der Waals surface area contributed by atoms with Gasteiger partial charge in [0, 0.05) is 16.5 Å². The van der Waals surface area contributed by atoms with Gasteiger partial charge in [0.15, 0.2) is 0 Å². The third-order valence-corrected chi connectivity index (χ3v) is 3.91. The Balaban J connectivity index is 1.89. The van der Waals surface area contributed by atoms with Crippen molar-refractivity contribution in [2.45, 2.75) is 18.8 Å². The molecule has 0 aliphatic heterocycles. The standard InChI is InChI=1S/C13H10Br2FN3/c14-9-5-8(16)3-4-10(9)17-12-6-11(15)18-13(19-12)7-1-2-7/h3-7H,1-2H2,(H,17,18,19). The van der Waals surface area contributed by atoms with Gasteiger partial charge in [-0.05, 0) is 62.9 Å². The number of rotatable bonds is 3. The monoisotopic (exact) mass is 385 g/mol. The highest BCUT2D eigenvalue weighted by Crippen LogP contribution is 2.39. The molecule has 0 atom stereocenters. The molecule has 2 aromatic rings. The Kier molecular flexibility index (Phi) is 3.54. The van der Waals surface area contributed by atoms with Crippen LogP contribution in [0, 0.1) is 5.82 Å². The summed E-state index contributed by atoms with van der Waals surface area (Å²) in [4.78, 5) is 8.86. The third kappa shape index (κ3) is 3.12. The molecule has 1 heterocycles. The zero-order valence-corrected chi connectivity index (χ0v) is 13.0. The van der Waals surface area contributed by atoms with Gasteiger partial charge in [0.25, 0.3) is 0 Å². The van der Waals surface area contributed by atoms with Gasteiger partial charge in [0.1, 0.15) is 22.1 Å². The van der Waals surface area contributed by atoms with Crippen molar-refractivity contribution < 1.29 is 4.39 Å². The maximum Gasteiger partial charge on any atom is 0.135 e. The molecule has 0 unspecified atom stereocenters. The molecule has 3 rings (SSSR count). The van der Waals surface area contributed by atoms with Crippen molar-refractivity contribution >= 4 is 43.4 Å². The Labute approximate surface area is 126 Å². The van der Waals surface area contributed by atoms with Crippen molar-refractivity contribution in [2.24, 2.45) is 0 Å². The summed E-state index contributed by atoms with van der Waals surface area (Å²) in [6.07, 6.45) is 2.30. The predicted molar refractivity (Wildman–Crippen MR) is 79.1 cm³/mol. The van der Waals surface area contributed by atoms with E-state index in [1.165, 1.54) is 12.1 Å². The summed E-state index contributed by atoms with van der Waals surface area (Å²) in [5.74, 6) is 1.76. The van der Waals surface area contributed by atoms with Crippen LogP contribution in [0.4, 0.5) is 15.9 Å². The highest BCUT2D eigenvalue weighted by atomic mass is 79.9. The van der Waals surface area contributed by atoms with Crippen LogP contribution in [-0.2, 0) is 0 Å². The lowest BCUT2D eigenvalue weighted by molar-refractivity contribution is 0.627. The number of anilines is 2. The first-order valence-electron chi connectivity index (χ1n) is 5.88. The van der Waals surface area contributed by atoms with E-state index in [9.17, 15) is 4.39 Å². The fraction of sp³-hybridized carbons (Fsp3) is 0.231. The minimum absolute atomic E-state index is 0.278. The Bertz CT molecular complexity index is 629. The van der Waals surface area contributed by atoms with Crippen LogP contribution in [0.2, 0.25) is 0 Å². The topological polar surface area (TPSA) is 37.8 Å². The second kappa shape index (κ2) is 5.17. The zero-order valence-electron chi connectivity index (χ0n) is 9.83. The predicted octanol–water partition coefficient (Wildman–Crippen LogP) is 4.76. The summed E-state index contributed by atoms with van der Waals surface area (Å²) in [6.45, 7) is 0. The van der Waals surface area contributed by atoms with Crippen LogP contribution in [0.3, 0.4) is 0 Å². The van der Waals surface area contributed by atoms with Crippen LogP contribution in [0.15, 0.2) is 33.3 Å². The summed E-state index contributed by atoms with van der Waals surface area (Å²) in [6, 6.07) is 6.30. The number of nitrogens with zero attached hydrogens (tertiary/aromatic N) is 2. The third-order valence-electron chi connectivity index (χ3n) is 2.85. The Hall–Kier alpha value is -1.01. The lowest BCUT2D eigenvalue weighted by Crippen LogP contribution is -2.00. The van der Waals surface area contributed by atoms with Gasteiger partial charge in [-0.1, -0.05) is 0 Å². The average Bonchev–Trinajstić information content (AvgIpc) is 3.16. The van der Waals surface area contributed by atoms with Gasteiger partial charge in [0.2, 0.25) is 0 Å². The van der Waals surface area contributed by atoms with Crippen molar-refractivity contribution in [1.82, 2.24) is 9.97 Å². The average molecular weight is 387 g/mol. The first-order chi connectivity index (χ1) is 9.11. The minimum Gasteiger partial charge on any atom is -0.339 e. The Morgan fingerprint density at radius 2 is 1.95 bits per heavy atom. The zero-order chi connectivity index (χ0) is 13.4.